The third-order valence-electron chi connectivity index (χ3n) is 3.80. The summed E-state index contributed by atoms with van der Waals surface area (Å²) >= 11 is 0. The number of amides is 1. The number of carbonyl (C=O) groups is 2. The van der Waals surface area contributed by atoms with E-state index >= 15 is 0 Å². The van der Waals surface area contributed by atoms with Crippen LogP contribution in [0.15, 0.2) is 42.5 Å². The number of hydrogen-bond donors (Lipinski definition) is 2. The van der Waals surface area contributed by atoms with E-state index in [1.807, 2.05) is 51.1 Å². The second-order valence-corrected chi connectivity index (χ2v) is 5.71. The molecule has 0 aliphatic rings. The molecule has 0 spiro atoms. The lowest BCUT2D eigenvalue weighted by atomic mass is 10.0. The molecule has 2 N–H and O–H groups in total. The predicted molar refractivity (Wildman–Crippen MR) is 91.4 cm³/mol. The fourth-order valence-corrected chi connectivity index (χ4v) is 2.52. The molecule has 1 amide bonds. The molecule has 1 atom stereocenters. The van der Waals surface area contributed by atoms with Crippen LogP contribution in [0.5, 0.6) is 5.75 Å². The fourth-order valence-electron chi connectivity index (χ4n) is 2.52. The van der Waals surface area contributed by atoms with E-state index in [1.165, 1.54) is 0 Å². The first kappa shape index (κ1) is 17.5. The van der Waals surface area contributed by atoms with E-state index in [-0.39, 0.29) is 18.6 Å². The summed E-state index contributed by atoms with van der Waals surface area (Å²) in [6.45, 7) is 5.36. The Kier molecular flexibility index (Phi) is 5.58. The maximum absolute atomic E-state index is 12.5. The number of benzene rings is 2. The van der Waals surface area contributed by atoms with Gasteiger partial charge in [0.15, 0.2) is 6.61 Å². The second kappa shape index (κ2) is 7.64. The van der Waals surface area contributed by atoms with Crippen LogP contribution in [0.3, 0.4) is 0 Å². The average molecular weight is 327 g/mol. The highest BCUT2D eigenvalue weighted by Gasteiger charge is 2.15. The van der Waals surface area contributed by atoms with Crippen molar-refractivity contribution in [3.63, 3.8) is 0 Å². The molecule has 0 aliphatic heterocycles. The maximum atomic E-state index is 12.5. The van der Waals surface area contributed by atoms with Gasteiger partial charge in [-0.05, 0) is 49.6 Å². The molecule has 2 aromatic rings. The summed E-state index contributed by atoms with van der Waals surface area (Å²) in [5.41, 5.74) is 3.50. The van der Waals surface area contributed by atoms with Gasteiger partial charge in [0, 0.05) is 5.56 Å². The number of carbonyl (C=O) groups excluding carboxylic acids is 1. The SMILES string of the molecule is Cc1cccc(C)c1C(=O)NC(C)c1ccc(OCC(=O)O)cc1. The Balaban J connectivity index is 2.05. The monoisotopic (exact) mass is 327 g/mol. The van der Waals surface area contributed by atoms with Gasteiger partial charge < -0.3 is 15.2 Å². The van der Waals surface area contributed by atoms with Gasteiger partial charge in [0.1, 0.15) is 5.75 Å². The van der Waals surface area contributed by atoms with Crippen molar-refractivity contribution in [3.05, 3.63) is 64.7 Å². The van der Waals surface area contributed by atoms with E-state index in [9.17, 15) is 9.59 Å². The molecule has 0 bridgehead atoms. The third-order valence-corrected chi connectivity index (χ3v) is 3.80. The van der Waals surface area contributed by atoms with Gasteiger partial charge in [-0.1, -0.05) is 30.3 Å². The number of aliphatic carboxylic acids is 1. The van der Waals surface area contributed by atoms with Crippen LogP contribution < -0.4 is 10.1 Å². The third kappa shape index (κ3) is 4.35. The van der Waals surface area contributed by atoms with Gasteiger partial charge in [-0.2, -0.15) is 0 Å². The van der Waals surface area contributed by atoms with Crippen molar-refractivity contribution < 1.29 is 19.4 Å². The number of hydrogen-bond acceptors (Lipinski definition) is 3. The van der Waals surface area contributed by atoms with Gasteiger partial charge in [-0.3, -0.25) is 4.79 Å². The van der Waals surface area contributed by atoms with Crippen molar-refractivity contribution in [2.75, 3.05) is 6.61 Å². The quantitative estimate of drug-likeness (QED) is 0.854. The highest BCUT2D eigenvalue weighted by molar-refractivity contribution is 5.97. The van der Waals surface area contributed by atoms with E-state index in [0.29, 0.717) is 11.3 Å². The molecule has 0 heterocycles. The van der Waals surface area contributed by atoms with Crippen molar-refractivity contribution in [1.29, 1.82) is 0 Å². The minimum absolute atomic E-state index is 0.107. The zero-order valence-electron chi connectivity index (χ0n) is 14.0. The van der Waals surface area contributed by atoms with E-state index in [0.717, 1.165) is 16.7 Å². The topological polar surface area (TPSA) is 75.6 Å². The Hall–Kier alpha value is -2.82. The fraction of sp³-hybridized carbons (Fsp3) is 0.263. The van der Waals surface area contributed by atoms with Crippen LogP contribution in [-0.2, 0) is 4.79 Å². The summed E-state index contributed by atoms with van der Waals surface area (Å²) in [5, 5.41) is 11.6. The molecule has 126 valence electrons. The second-order valence-electron chi connectivity index (χ2n) is 5.71. The molecule has 0 aromatic heterocycles. The normalized spacial score (nSPS) is 11.6. The molecule has 0 saturated heterocycles. The Morgan fingerprint density at radius 3 is 2.21 bits per heavy atom. The van der Waals surface area contributed by atoms with Crippen LogP contribution in [0.2, 0.25) is 0 Å². The molecule has 0 aliphatic carbocycles. The minimum Gasteiger partial charge on any atom is -0.482 e. The van der Waals surface area contributed by atoms with Crippen LogP contribution in [-0.4, -0.2) is 23.6 Å². The number of ether oxygens (including phenoxy) is 1. The summed E-state index contributed by atoms with van der Waals surface area (Å²) < 4.78 is 5.10. The van der Waals surface area contributed by atoms with Crippen molar-refractivity contribution in [1.82, 2.24) is 5.32 Å². The average Bonchev–Trinajstić information content (AvgIpc) is 2.53. The number of nitrogens with one attached hydrogen (secondary N) is 1. The van der Waals surface area contributed by atoms with E-state index < -0.39 is 5.97 Å². The molecular weight excluding hydrogens is 306 g/mol. The number of aryl methyl sites for hydroxylation is 2. The van der Waals surface area contributed by atoms with Gasteiger partial charge >= 0.3 is 5.97 Å². The number of carboxylic acid groups (broad SMARTS) is 1. The van der Waals surface area contributed by atoms with Crippen LogP contribution in [0.4, 0.5) is 0 Å². The van der Waals surface area contributed by atoms with Crippen molar-refractivity contribution in [3.8, 4) is 5.75 Å². The lowest BCUT2D eigenvalue weighted by Gasteiger charge is -2.17. The van der Waals surface area contributed by atoms with Gasteiger partial charge in [0.05, 0.1) is 6.04 Å². The van der Waals surface area contributed by atoms with E-state index in [1.54, 1.807) is 12.1 Å². The highest BCUT2D eigenvalue weighted by atomic mass is 16.5. The summed E-state index contributed by atoms with van der Waals surface area (Å²) in [4.78, 5) is 23.0. The highest BCUT2D eigenvalue weighted by Crippen LogP contribution is 2.19. The standard InChI is InChI=1S/C19H21NO4/c1-12-5-4-6-13(2)18(12)19(23)20-14(3)15-7-9-16(10-8-15)24-11-17(21)22/h4-10,14H,11H2,1-3H3,(H,20,23)(H,21,22). The first-order chi connectivity index (χ1) is 11.4. The van der Waals surface area contributed by atoms with Gasteiger partial charge in [-0.25, -0.2) is 4.79 Å². The molecule has 0 fully saturated rings. The summed E-state index contributed by atoms with van der Waals surface area (Å²) in [6.07, 6.45) is 0. The van der Waals surface area contributed by atoms with Gasteiger partial charge in [0.25, 0.3) is 5.91 Å². The number of rotatable bonds is 6. The Bertz CT molecular complexity index is 717. The van der Waals surface area contributed by atoms with Crippen LogP contribution in [0.1, 0.15) is 40.0 Å². The van der Waals surface area contributed by atoms with E-state index in [2.05, 4.69) is 5.32 Å². The lowest BCUT2D eigenvalue weighted by molar-refractivity contribution is -0.139. The summed E-state index contributed by atoms with van der Waals surface area (Å²) in [7, 11) is 0. The molecule has 0 saturated carbocycles. The molecule has 0 radical (unpaired) electrons. The zero-order chi connectivity index (χ0) is 17.7. The minimum atomic E-state index is -1.02. The van der Waals surface area contributed by atoms with Crippen molar-refractivity contribution in [2.45, 2.75) is 26.8 Å². The Morgan fingerprint density at radius 1 is 1.08 bits per heavy atom. The first-order valence-corrected chi connectivity index (χ1v) is 7.70. The largest absolute Gasteiger partial charge is 0.482 e. The van der Waals surface area contributed by atoms with Crippen LogP contribution in [0, 0.1) is 13.8 Å². The van der Waals surface area contributed by atoms with Crippen molar-refractivity contribution in [2.24, 2.45) is 0 Å². The zero-order valence-corrected chi connectivity index (χ0v) is 14.0. The number of carboxylic acids is 1. The Morgan fingerprint density at radius 2 is 1.67 bits per heavy atom. The molecular formula is C19H21NO4. The van der Waals surface area contributed by atoms with E-state index in [4.69, 9.17) is 9.84 Å². The first-order valence-electron chi connectivity index (χ1n) is 7.70. The smallest absolute Gasteiger partial charge is 0.341 e. The molecule has 2 aromatic carbocycles. The molecule has 24 heavy (non-hydrogen) atoms. The molecule has 5 heteroatoms. The molecule has 5 nitrogen and oxygen atoms in total. The van der Waals surface area contributed by atoms with Gasteiger partial charge in [0.2, 0.25) is 0 Å². The summed E-state index contributed by atoms with van der Waals surface area (Å²) in [5.74, 6) is -0.646. The lowest BCUT2D eigenvalue weighted by Crippen LogP contribution is -2.28. The molecule has 1 unspecified atom stereocenters. The van der Waals surface area contributed by atoms with Gasteiger partial charge in [-0.15, -0.1) is 0 Å². The predicted octanol–water partition coefficient (Wildman–Crippen LogP) is 3.26. The Labute approximate surface area is 141 Å². The molecule has 2 rings (SSSR count). The van der Waals surface area contributed by atoms with Crippen LogP contribution in [0.25, 0.3) is 0 Å². The van der Waals surface area contributed by atoms with Crippen molar-refractivity contribution >= 4 is 11.9 Å². The summed E-state index contributed by atoms with van der Waals surface area (Å²) in [6, 6.07) is 12.6. The maximum Gasteiger partial charge on any atom is 0.341 e. The van der Waals surface area contributed by atoms with Crippen LogP contribution >= 0.6 is 0 Å².